The fourth-order valence-corrected chi connectivity index (χ4v) is 1.08. The molecule has 0 spiro atoms. The average molecular weight is 202 g/mol. The van der Waals surface area contributed by atoms with Gasteiger partial charge in [-0.3, -0.25) is 0 Å². The molecule has 74 valence electrons. The molecule has 0 amide bonds. The van der Waals surface area contributed by atoms with E-state index in [4.69, 9.17) is 10.2 Å². The Hall–Kier alpha value is -0.730. The third kappa shape index (κ3) is 3.25. The van der Waals surface area contributed by atoms with E-state index in [0.717, 1.165) is 24.4 Å². The fourth-order valence-electron chi connectivity index (χ4n) is 1.08. The van der Waals surface area contributed by atoms with Crippen LogP contribution in [0.3, 0.4) is 0 Å². The molecule has 0 saturated carbocycles. The summed E-state index contributed by atoms with van der Waals surface area (Å²) < 4.78 is 5.47. The molecule has 0 aliphatic carbocycles. The quantitative estimate of drug-likeness (QED) is 0.761. The number of hydrogen-bond donors (Lipinski definition) is 1. The van der Waals surface area contributed by atoms with Crippen LogP contribution in [0, 0.1) is 0 Å². The molecule has 0 bridgehead atoms. The zero-order valence-electron chi connectivity index (χ0n) is 7.82. The zero-order valence-corrected chi connectivity index (χ0v) is 8.64. The summed E-state index contributed by atoms with van der Waals surface area (Å²) in [6, 6.07) is 3.87. The van der Waals surface area contributed by atoms with Crippen molar-refractivity contribution in [2.45, 2.75) is 25.8 Å². The maximum absolute atomic E-state index is 5.81. The van der Waals surface area contributed by atoms with E-state index < -0.39 is 0 Å². The summed E-state index contributed by atoms with van der Waals surface area (Å²) in [6.07, 6.45) is 3.48. The molecule has 1 rings (SSSR count). The van der Waals surface area contributed by atoms with Crippen LogP contribution in [-0.4, -0.2) is 0 Å². The minimum atomic E-state index is -0.0391. The highest BCUT2D eigenvalue weighted by Crippen LogP contribution is 2.17. The molecule has 0 aliphatic rings. The van der Waals surface area contributed by atoms with Crippen LogP contribution in [0.2, 0.25) is 0 Å². The van der Waals surface area contributed by atoms with Gasteiger partial charge in [0.2, 0.25) is 0 Å². The number of halogens is 1. The molecule has 0 saturated heterocycles. The predicted molar refractivity (Wildman–Crippen MR) is 57.1 cm³/mol. The molecule has 1 heterocycles. The van der Waals surface area contributed by atoms with Gasteiger partial charge in [0.25, 0.3) is 0 Å². The second kappa shape index (κ2) is 5.84. The Morgan fingerprint density at radius 3 is 2.77 bits per heavy atom. The predicted octanol–water partition coefficient (Wildman–Crippen LogP) is 2.84. The Bertz CT molecular complexity index is 257. The number of nitrogens with two attached hydrogens (primary N) is 1. The molecule has 0 aliphatic heterocycles. The highest BCUT2D eigenvalue weighted by atomic mass is 35.5. The van der Waals surface area contributed by atoms with E-state index in [2.05, 4.69) is 13.5 Å². The summed E-state index contributed by atoms with van der Waals surface area (Å²) in [5.74, 6) is 1.84. The molecule has 0 aromatic carbocycles. The van der Waals surface area contributed by atoms with Crippen molar-refractivity contribution in [3.8, 4) is 0 Å². The molecule has 1 aromatic rings. The summed E-state index contributed by atoms with van der Waals surface area (Å²) in [5, 5.41) is 0. The van der Waals surface area contributed by atoms with Crippen molar-refractivity contribution < 1.29 is 4.42 Å². The van der Waals surface area contributed by atoms with Crippen LogP contribution < -0.4 is 5.73 Å². The van der Waals surface area contributed by atoms with Gasteiger partial charge in [0, 0.05) is 6.42 Å². The van der Waals surface area contributed by atoms with Gasteiger partial charge in [0.1, 0.15) is 11.5 Å². The average Bonchev–Trinajstić information content (AvgIpc) is 2.52. The summed E-state index contributed by atoms with van der Waals surface area (Å²) >= 11 is 0. The first-order valence-electron chi connectivity index (χ1n) is 4.23. The van der Waals surface area contributed by atoms with E-state index in [1.54, 1.807) is 6.08 Å². The van der Waals surface area contributed by atoms with Gasteiger partial charge < -0.3 is 10.2 Å². The lowest BCUT2D eigenvalue weighted by atomic mass is 10.2. The maximum atomic E-state index is 5.81. The minimum absolute atomic E-state index is 0. The minimum Gasteiger partial charge on any atom is -0.464 e. The van der Waals surface area contributed by atoms with E-state index >= 15 is 0 Å². The van der Waals surface area contributed by atoms with Crippen molar-refractivity contribution in [1.82, 2.24) is 0 Å². The van der Waals surface area contributed by atoms with Crippen LogP contribution in [0.15, 0.2) is 29.2 Å². The van der Waals surface area contributed by atoms with E-state index in [1.807, 2.05) is 12.1 Å². The van der Waals surface area contributed by atoms with Crippen LogP contribution in [0.1, 0.15) is 30.9 Å². The SMILES string of the molecule is C=CC[C@@H](N)c1ccc(CC)o1.Cl. The monoisotopic (exact) mass is 201 g/mol. The fraction of sp³-hybridized carbons (Fsp3) is 0.400. The van der Waals surface area contributed by atoms with E-state index in [9.17, 15) is 0 Å². The molecular weight excluding hydrogens is 186 g/mol. The van der Waals surface area contributed by atoms with E-state index in [-0.39, 0.29) is 18.4 Å². The first-order valence-corrected chi connectivity index (χ1v) is 4.23. The van der Waals surface area contributed by atoms with Crippen LogP contribution in [0.4, 0.5) is 0 Å². The lowest BCUT2D eigenvalue weighted by Crippen LogP contribution is -2.07. The zero-order chi connectivity index (χ0) is 8.97. The molecule has 0 unspecified atom stereocenters. The third-order valence-electron chi connectivity index (χ3n) is 1.82. The maximum Gasteiger partial charge on any atom is 0.121 e. The molecule has 2 N–H and O–H groups in total. The van der Waals surface area contributed by atoms with Gasteiger partial charge in [-0.25, -0.2) is 0 Å². The van der Waals surface area contributed by atoms with Crippen molar-refractivity contribution in [2.24, 2.45) is 5.73 Å². The van der Waals surface area contributed by atoms with Gasteiger partial charge in [-0.05, 0) is 18.6 Å². The van der Waals surface area contributed by atoms with Gasteiger partial charge in [-0.15, -0.1) is 19.0 Å². The summed E-state index contributed by atoms with van der Waals surface area (Å²) in [4.78, 5) is 0. The third-order valence-corrected chi connectivity index (χ3v) is 1.82. The van der Waals surface area contributed by atoms with Crippen LogP contribution >= 0.6 is 12.4 Å². The topological polar surface area (TPSA) is 39.2 Å². The van der Waals surface area contributed by atoms with Crippen molar-refractivity contribution in [3.05, 3.63) is 36.3 Å². The second-order valence-electron chi connectivity index (χ2n) is 2.79. The van der Waals surface area contributed by atoms with Gasteiger partial charge in [0.15, 0.2) is 0 Å². The normalized spacial score (nSPS) is 11.8. The van der Waals surface area contributed by atoms with Crippen LogP contribution in [-0.2, 0) is 6.42 Å². The summed E-state index contributed by atoms with van der Waals surface area (Å²) in [7, 11) is 0. The Kier molecular flexibility index (Phi) is 5.51. The Balaban J connectivity index is 0.00000144. The number of hydrogen-bond acceptors (Lipinski definition) is 2. The van der Waals surface area contributed by atoms with Crippen molar-refractivity contribution in [2.75, 3.05) is 0 Å². The highest BCUT2D eigenvalue weighted by molar-refractivity contribution is 5.85. The smallest absolute Gasteiger partial charge is 0.121 e. The van der Waals surface area contributed by atoms with E-state index in [0.29, 0.717) is 0 Å². The van der Waals surface area contributed by atoms with Crippen LogP contribution in [0.25, 0.3) is 0 Å². The molecule has 13 heavy (non-hydrogen) atoms. The number of aryl methyl sites for hydroxylation is 1. The van der Waals surface area contributed by atoms with Gasteiger partial charge in [-0.2, -0.15) is 0 Å². The Morgan fingerprint density at radius 1 is 1.62 bits per heavy atom. The molecule has 0 radical (unpaired) electrons. The van der Waals surface area contributed by atoms with Crippen molar-refractivity contribution in [3.63, 3.8) is 0 Å². The van der Waals surface area contributed by atoms with Gasteiger partial charge >= 0.3 is 0 Å². The molecular formula is C10H16ClNO. The van der Waals surface area contributed by atoms with Crippen molar-refractivity contribution >= 4 is 12.4 Å². The molecule has 1 atom stereocenters. The highest BCUT2D eigenvalue weighted by Gasteiger charge is 2.07. The number of furan rings is 1. The Morgan fingerprint density at radius 2 is 2.31 bits per heavy atom. The number of rotatable bonds is 4. The molecule has 3 heteroatoms. The van der Waals surface area contributed by atoms with E-state index in [1.165, 1.54) is 0 Å². The lowest BCUT2D eigenvalue weighted by molar-refractivity contribution is 0.437. The second-order valence-corrected chi connectivity index (χ2v) is 2.79. The lowest BCUT2D eigenvalue weighted by Gasteiger charge is -2.03. The molecule has 0 fully saturated rings. The molecule has 1 aromatic heterocycles. The van der Waals surface area contributed by atoms with Gasteiger partial charge in [0.05, 0.1) is 6.04 Å². The standard InChI is InChI=1S/C10H15NO.ClH/c1-3-5-9(11)10-7-6-8(4-2)12-10;/h3,6-7,9H,1,4-5,11H2,2H3;1H/t9-;/m1./s1. The largest absolute Gasteiger partial charge is 0.464 e. The van der Waals surface area contributed by atoms with Crippen LogP contribution in [0.5, 0.6) is 0 Å². The first-order chi connectivity index (χ1) is 5.77. The summed E-state index contributed by atoms with van der Waals surface area (Å²) in [6.45, 7) is 5.69. The first kappa shape index (κ1) is 12.3. The van der Waals surface area contributed by atoms with Crippen molar-refractivity contribution in [1.29, 1.82) is 0 Å². The molecule has 2 nitrogen and oxygen atoms in total. The Labute approximate surface area is 85.2 Å². The summed E-state index contributed by atoms with van der Waals surface area (Å²) in [5.41, 5.74) is 5.81. The van der Waals surface area contributed by atoms with Gasteiger partial charge in [-0.1, -0.05) is 13.0 Å².